The number of hydrogen-bond donors (Lipinski definition) is 1. The molecule has 2 aromatic rings. The van der Waals surface area contributed by atoms with E-state index in [9.17, 15) is 9.59 Å². The molecule has 1 N–H and O–H groups in total. The first-order valence-corrected chi connectivity index (χ1v) is 8.32. The summed E-state index contributed by atoms with van der Waals surface area (Å²) in [6.45, 7) is 9.27. The van der Waals surface area contributed by atoms with Gasteiger partial charge in [-0.15, -0.1) is 0 Å². The van der Waals surface area contributed by atoms with E-state index < -0.39 is 11.8 Å². The molecule has 0 spiro atoms. The Morgan fingerprint density at radius 3 is 2.29 bits per heavy atom. The minimum atomic E-state index is -0.616. The molecule has 1 aromatic carbocycles. The maximum Gasteiger partial charge on any atom is 0.313 e. The summed E-state index contributed by atoms with van der Waals surface area (Å²) in [5.41, 5.74) is 1.24. The van der Waals surface area contributed by atoms with Gasteiger partial charge in [0.25, 0.3) is 0 Å². The summed E-state index contributed by atoms with van der Waals surface area (Å²) in [6, 6.07) is 9.28. The molecule has 1 aromatic heterocycles. The van der Waals surface area contributed by atoms with Crippen LogP contribution in [0.1, 0.15) is 27.7 Å². The third-order valence-electron chi connectivity index (χ3n) is 3.53. The zero-order chi connectivity index (χ0) is 17.7. The Balaban J connectivity index is 2.18. The Labute approximate surface area is 143 Å². The first-order valence-electron chi connectivity index (χ1n) is 8.32. The fourth-order valence-electron chi connectivity index (χ4n) is 2.65. The van der Waals surface area contributed by atoms with Crippen molar-refractivity contribution >= 4 is 28.4 Å². The molecule has 2 rings (SSSR count). The molecule has 0 aliphatic rings. The molecule has 5 nitrogen and oxygen atoms in total. The summed E-state index contributed by atoms with van der Waals surface area (Å²) in [6.07, 6.45) is 1.67. The van der Waals surface area contributed by atoms with Crippen LogP contribution in [-0.2, 0) is 9.59 Å². The van der Waals surface area contributed by atoms with Gasteiger partial charge < -0.3 is 10.2 Å². The predicted molar refractivity (Wildman–Crippen MR) is 96.6 cm³/mol. The van der Waals surface area contributed by atoms with Gasteiger partial charge in [-0.3, -0.25) is 14.6 Å². The molecule has 0 aliphatic carbocycles. The molecular weight excluding hydrogens is 302 g/mol. The van der Waals surface area contributed by atoms with E-state index in [0.717, 1.165) is 5.39 Å². The maximum atomic E-state index is 12.5. The number of aromatic nitrogens is 1. The summed E-state index contributed by atoms with van der Waals surface area (Å²) < 4.78 is 0. The van der Waals surface area contributed by atoms with Crippen molar-refractivity contribution in [2.75, 3.05) is 18.4 Å². The first kappa shape index (κ1) is 17.9. The summed E-state index contributed by atoms with van der Waals surface area (Å²) in [7, 11) is 0. The lowest BCUT2D eigenvalue weighted by Crippen LogP contribution is -2.43. The van der Waals surface area contributed by atoms with Gasteiger partial charge in [0.15, 0.2) is 0 Å². The zero-order valence-electron chi connectivity index (χ0n) is 14.7. The average molecular weight is 327 g/mol. The number of fused-ring (bicyclic) bond motifs is 1. The van der Waals surface area contributed by atoms with Gasteiger partial charge in [-0.05, 0) is 24.0 Å². The Morgan fingerprint density at radius 1 is 1.04 bits per heavy atom. The number of para-hydroxylation sites is 1. The lowest BCUT2D eigenvalue weighted by atomic mass is 10.1. The highest BCUT2D eigenvalue weighted by Gasteiger charge is 2.23. The number of rotatable bonds is 5. The second-order valence-electron chi connectivity index (χ2n) is 6.83. The highest BCUT2D eigenvalue weighted by molar-refractivity contribution is 6.40. The van der Waals surface area contributed by atoms with Gasteiger partial charge in [0.1, 0.15) is 0 Å². The van der Waals surface area contributed by atoms with Crippen LogP contribution in [0.5, 0.6) is 0 Å². The standard InChI is InChI=1S/C19H25N3O2/c1-13(2)11-22(12-14(3)4)19(24)18(23)21-16-9-5-7-15-8-6-10-20-17(15)16/h5-10,13-14H,11-12H2,1-4H3,(H,21,23). The number of hydrogen-bond acceptors (Lipinski definition) is 3. The van der Waals surface area contributed by atoms with Crippen molar-refractivity contribution < 1.29 is 9.59 Å². The van der Waals surface area contributed by atoms with Crippen molar-refractivity contribution in [3.8, 4) is 0 Å². The van der Waals surface area contributed by atoms with E-state index in [2.05, 4.69) is 10.3 Å². The number of nitrogens with zero attached hydrogens (tertiary/aromatic N) is 2. The molecule has 0 atom stereocenters. The summed E-state index contributed by atoms with van der Waals surface area (Å²) in [5.74, 6) is -0.501. The van der Waals surface area contributed by atoms with Crippen LogP contribution in [0.4, 0.5) is 5.69 Å². The molecule has 0 saturated carbocycles. The molecule has 24 heavy (non-hydrogen) atoms. The molecule has 5 heteroatoms. The molecule has 0 saturated heterocycles. The lowest BCUT2D eigenvalue weighted by molar-refractivity contribution is -0.143. The SMILES string of the molecule is CC(C)CN(CC(C)C)C(=O)C(=O)Nc1cccc2cccnc12. The summed E-state index contributed by atoms with van der Waals surface area (Å²) in [4.78, 5) is 30.9. The Morgan fingerprint density at radius 2 is 1.67 bits per heavy atom. The van der Waals surface area contributed by atoms with Crippen molar-refractivity contribution in [2.45, 2.75) is 27.7 Å². The maximum absolute atomic E-state index is 12.5. The van der Waals surface area contributed by atoms with E-state index in [0.29, 0.717) is 36.1 Å². The summed E-state index contributed by atoms with van der Waals surface area (Å²) in [5, 5.41) is 3.64. The van der Waals surface area contributed by atoms with Crippen LogP contribution in [0.2, 0.25) is 0 Å². The number of pyridine rings is 1. The van der Waals surface area contributed by atoms with E-state index in [1.54, 1.807) is 17.2 Å². The van der Waals surface area contributed by atoms with Crippen LogP contribution in [0.3, 0.4) is 0 Å². The molecule has 0 aliphatic heterocycles. The largest absolute Gasteiger partial charge is 0.334 e. The molecule has 0 fully saturated rings. The topological polar surface area (TPSA) is 62.3 Å². The van der Waals surface area contributed by atoms with Crippen molar-refractivity contribution in [3.05, 3.63) is 36.5 Å². The van der Waals surface area contributed by atoms with Crippen molar-refractivity contribution in [2.24, 2.45) is 11.8 Å². The Hall–Kier alpha value is -2.43. The number of carbonyl (C=O) groups is 2. The van der Waals surface area contributed by atoms with Crippen LogP contribution >= 0.6 is 0 Å². The second-order valence-corrected chi connectivity index (χ2v) is 6.83. The third-order valence-corrected chi connectivity index (χ3v) is 3.53. The quantitative estimate of drug-likeness (QED) is 0.857. The van der Waals surface area contributed by atoms with Crippen molar-refractivity contribution in [1.29, 1.82) is 0 Å². The molecule has 0 radical (unpaired) electrons. The van der Waals surface area contributed by atoms with Crippen LogP contribution < -0.4 is 5.32 Å². The molecule has 1 heterocycles. The molecule has 0 unspecified atom stereocenters. The number of carbonyl (C=O) groups excluding carboxylic acids is 2. The zero-order valence-corrected chi connectivity index (χ0v) is 14.7. The van der Waals surface area contributed by atoms with E-state index >= 15 is 0 Å². The van der Waals surface area contributed by atoms with Gasteiger partial charge in [-0.25, -0.2) is 0 Å². The number of benzene rings is 1. The van der Waals surface area contributed by atoms with Crippen LogP contribution in [-0.4, -0.2) is 34.8 Å². The van der Waals surface area contributed by atoms with Crippen molar-refractivity contribution in [3.63, 3.8) is 0 Å². The van der Waals surface area contributed by atoms with Crippen molar-refractivity contribution in [1.82, 2.24) is 9.88 Å². The van der Waals surface area contributed by atoms with E-state index in [1.807, 2.05) is 52.0 Å². The Kier molecular flexibility index (Phi) is 5.90. The first-order chi connectivity index (χ1) is 11.4. The van der Waals surface area contributed by atoms with Crippen LogP contribution in [0.15, 0.2) is 36.5 Å². The predicted octanol–water partition coefficient (Wildman–Crippen LogP) is 3.31. The van der Waals surface area contributed by atoms with E-state index in [4.69, 9.17) is 0 Å². The summed E-state index contributed by atoms with van der Waals surface area (Å²) >= 11 is 0. The Bertz CT molecular complexity index is 710. The highest BCUT2D eigenvalue weighted by atomic mass is 16.2. The van der Waals surface area contributed by atoms with E-state index in [-0.39, 0.29) is 0 Å². The monoisotopic (exact) mass is 327 g/mol. The number of anilines is 1. The van der Waals surface area contributed by atoms with Gasteiger partial charge in [-0.1, -0.05) is 45.9 Å². The minimum absolute atomic E-state index is 0.305. The van der Waals surface area contributed by atoms with Gasteiger partial charge >= 0.3 is 11.8 Å². The average Bonchev–Trinajstić information content (AvgIpc) is 2.53. The second kappa shape index (κ2) is 7.90. The fraction of sp³-hybridized carbons (Fsp3) is 0.421. The molecular formula is C19H25N3O2. The third kappa shape index (κ3) is 4.54. The number of amides is 2. The number of nitrogens with one attached hydrogen (secondary N) is 1. The molecule has 0 bridgehead atoms. The fourth-order valence-corrected chi connectivity index (χ4v) is 2.65. The van der Waals surface area contributed by atoms with Gasteiger partial charge in [-0.2, -0.15) is 0 Å². The lowest BCUT2D eigenvalue weighted by Gasteiger charge is -2.25. The van der Waals surface area contributed by atoms with E-state index in [1.165, 1.54) is 0 Å². The molecule has 128 valence electrons. The minimum Gasteiger partial charge on any atom is -0.334 e. The van der Waals surface area contributed by atoms with Gasteiger partial charge in [0, 0.05) is 24.7 Å². The van der Waals surface area contributed by atoms with Gasteiger partial charge in [0.2, 0.25) is 0 Å². The van der Waals surface area contributed by atoms with Gasteiger partial charge in [0.05, 0.1) is 11.2 Å². The van der Waals surface area contributed by atoms with Crippen LogP contribution in [0.25, 0.3) is 10.9 Å². The highest BCUT2D eigenvalue weighted by Crippen LogP contribution is 2.20. The molecule has 2 amide bonds. The normalized spacial score (nSPS) is 11.1. The smallest absolute Gasteiger partial charge is 0.313 e. The van der Waals surface area contributed by atoms with Crippen LogP contribution in [0, 0.1) is 11.8 Å².